The molecule has 80 valence electrons. The summed E-state index contributed by atoms with van der Waals surface area (Å²) >= 11 is 3.32. The molecule has 0 saturated heterocycles. The minimum atomic E-state index is -0.256. The van der Waals surface area contributed by atoms with Crippen LogP contribution in [0.2, 0.25) is 0 Å². The van der Waals surface area contributed by atoms with Crippen molar-refractivity contribution in [1.29, 1.82) is 0 Å². The van der Waals surface area contributed by atoms with Crippen LogP contribution in [-0.4, -0.2) is 9.55 Å². The molecule has 0 bridgehead atoms. The Labute approximate surface area is 96.2 Å². The molecule has 2 aromatic rings. The van der Waals surface area contributed by atoms with Gasteiger partial charge in [-0.25, -0.2) is 4.98 Å². The molecule has 0 spiro atoms. The third kappa shape index (κ3) is 1.85. The molecule has 0 saturated carbocycles. The van der Waals surface area contributed by atoms with Gasteiger partial charge in [-0.2, -0.15) is 0 Å². The van der Waals surface area contributed by atoms with Crippen molar-refractivity contribution < 1.29 is 4.42 Å². The molecule has 15 heavy (non-hydrogen) atoms. The number of hydrogen-bond acceptors (Lipinski definition) is 3. The summed E-state index contributed by atoms with van der Waals surface area (Å²) in [7, 11) is 0. The molecule has 5 heteroatoms. The van der Waals surface area contributed by atoms with Gasteiger partial charge in [-0.1, -0.05) is 0 Å². The van der Waals surface area contributed by atoms with E-state index in [0.29, 0.717) is 4.67 Å². The van der Waals surface area contributed by atoms with E-state index in [-0.39, 0.29) is 6.04 Å². The van der Waals surface area contributed by atoms with Gasteiger partial charge in [0.2, 0.25) is 0 Å². The monoisotopic (exact) mass is 269 g/mol. The molecule has 0 aliphatic rings. The highest BCUT2D eigenvalue weighted by molar-refractivity contribution is 9.10. The van der Waals surface area contributed by atoms with Crippen molar-refractivity contribution in [3.63, 3.8) is 0 Å². The molecular weight excluding hydrogens is 258 g/mol. The van der Waals surface area contributed by atoms with Crippen LogP contribution in [0.3, 0.4) is 0 Å². The van der Waals surface area contributed by atoms with E-state index in [4.69, 9.17) is 10.2 Å². The van der Waals surface area contributed by atoms with Crippen LogP contribution in [0.5, 0.6) is 0 Å². The van der Waals surface area contributed by atoms with Crippen LogP contribution >= 0.6 is 15.9 Å². The Kier molecular flexibility index (Phi) is 2.93. The van der Waals surface area contributed by atoms with Crippen LogP contribution in [0.4, 0.5) is 0 Å². The molecule has 0 amide bonds. The van der Waals surface area contributed by atoms with Crippen molar-refractivity contribution in [1.82, 2.24) is 9.55 Å². The van der Waals surface area contributed by atoms with E-state index in [1.54, 1.807) is 12.5 Å². The number of aryl methyl sites for hydroxylation is 1. The Morgan fingerprint density at radius 1 is 1.67 bits per heavy atom. The minimum absolute atomic E-state index is 0.256. The maximum absolute atomic E-state index is 6.11. The maximum Gasteiger partial charge on any atom is 0.174 e. The van der Waals surface area contributed by atoms with Crippen LogP contribution in [0, 0.1) is 0 Å². The number of aromatic nitrogens is 2. The van der Waals surface area contributed by atoms with Gasteiger partial charge in [0, 0.05) is 24.5 Å². The van der Waals surface area contributed by atoms with Crippen LogP contribution in [-0.2, 0) is 6.54 Å². The van der Waals surface area contributed by atoms with E-state index in [9.17, 15) is 0 Å². The lowest BCUT2D eigenvalue weighted by atomic mass is 10.1. The number of rotatable bonds is 3. The number of furan rings is 1. The Hall–Kier alpha value is -1.07. The first-order valence-electron chi connectivity index (χ1n) is 4.73. The van der Waals surface area contributed by atoms with Crippen LogP contribution in [0.1, 0.15) is 24.4 Å². The van der Waals surface area contributed by atoms with Gasteiger partial charge in [0.05, 0.1) is 12.3 Å². The third-order valence-electron chi connectivity index (χ3n) is 2.35. The molecule has 2 rings (SSSR count). The SMILES string of the molecule is CCn1ccnc1C(N)c1ccoc1Br. The van der Waals surface area contributed by atoms with Gasteiger partial charge in [-0.3, -0.25) is 0 Å². The lowest BCUT2D eigenvalue weighted by Gasteiger charge is -2.11. The van der Waals surface area contributed by atoms with Crippen LogP contribution in [0.15, 0.2) is 33.8 Å². The molecule has 0 fully saturated rings. The fourth-order valence-corrected chi connectivity index (χ4v) is 2.02. The highest BCUT2D eigenvalue weighted by Crippen LogP contribution is 2.26. The van der Waals surface area contributed by atoms with Gasteiger partial charge >= 0.3 is 0 Å². The molecule has 0 aromatic carbocycles. The van der Waals surface area contributed by atoms with Gasteiger partial charge in [-0.05, 0) is 28.9 Å². The molecule has 2 aromatic heterocycles. The van der Waals surface area contributed by atoms with E-state index >= 15 is 0 Å². The zero-order chi connectivity index (χ0) is 10.8. The molecule has 2 N–H and O–H groups in total. The van der Waals surface area contributed by atoms with Gasteiger partial charge < -0.3 is 14.7 Å². The molecule has 0 aliphatic carbocycles. The van der Waals surface area contributed by atoms with E-state index in [2.05, 4.69) is 27.8 Å². The Morgan fingerprint density at radius 3 is 3.07 bits per heavy atom. The Bertz CT molecular complexity index is 449. The highest BCUT2D eigenvalue weighted by atomic mass is 79.9. The molecule has 0 radical (unpaired) electrons. The normalized spacial score (nSPS) is 13.0. The quantitative estimate of drug-likeness (QED) is 0.931. The predicted molar refractivity (Wildman–Crippen MR) is 60.3 cm³/mol. The molecule has 1 atom stereocenters. The average molecular weight is 270 g/mol. The third-order valence-corrected chi connectivity index (χ3v) is 2.99. The zero-order valence-electron chi connectivity index (χ0n) is 8.35. The number of imidazole rings is 1. The van der Waals surface area contributed by atoms with Crippen molar-refractivity contribution in [2.75, 3.05) is 0 Å². The van der Waals surface area contributed by atoms with Gasteiger partial charge in [0.1, 0.15) is 5.82 Å². The highest BCUT2D eigenvalue weighted by Gasteiger charge is 2.18. The summed E-state index contributed by atoms with van der Waals surface area (Å²) in [6.07, 6.45) is 5.29. The Morgan fingerprint density at radius 2 is 2.47 bits per heavy atom. The molecule has 0 aliphatic heterocycles. The second-order valence-corrected chi connectivity index (χ2v) is 3.92. The molecular formula is C10H12BrN3O. The predicted octanol–water partition coefficient (Wildman–Crippen LogP) is 2.31. The molecule has 4 nitrogen and oxygen atoms in total. The first-order valence-corrected chi connectivity index (χ1v) is 5.52. The van der Waals surface area contributed by atoms with Crippen molar-refractivity contribution in [3.8, 4) is 0 Å². The number of nitrogens with two attached hydrogens (primary N) is 1. The maximum atomic E-state index is 6.11. The zero-order valence-corrected chi connectivity index (χ0v) is 9.94. The summed E-state index contributed by atoms with van der Waals surface area (Å²) in [6, 6.07) is 1.59. The Balaban J connectivity index is 2.36. The molecule has 2 heterocycles. The van der Waals surface area contributed by atoms with Gasteiger partial charge in [-0.15, -0.1) is 0 Å². The topological polar surface area (TPSA) is 57.0 Å². The van der Waals surface area contributed by atoms with Crippen molar-refractivity contribution in [2.45, 2.75) is 19.5 Å². The molecule has 1 unspecified atom stereocenters. The second-order valence-electron chi connectivity index (χ2n) is 3.20. The van der Waals surface area contributed by atoms with Crippen molar-refractivity contribution in [2.24, 2.45) is 5.73 Å². The number of nitrogens with zero attached hydrogens (tertiary/aromatic N) is 2. The fraction of sp³-hybridized carbons (Fsp3) is 0.300. The van der Waals surface area contributed by atoms with Crippen LogP contribution in [0.25, 0.3) is 0 Å². The summed E-state index contributed by atoms with van der Waals surface area (Å²) in [6.45, 7) is 2.92. The second kappa shape index (κ2) is 4.20. The fourth-order valence-electron chi connectivity index (χ4n) is 1.53. The van der Waals surface area contributed by atoms with Crippen molar-refractivity contribution in [3.05, 3.63) is 40.8 Å². The van der Waals surface area contributed by atoms with E-state index in [1.165, 1.54) is 0 Å². The summed E-state index contributed by atoms with van der Waals surface area (Å²) in [5.74, 6) is 0.847. The summed E-state index contributed by atoms with van der Waals surface area (Å²) in [5, 5.41) is 0. The summed E-state index contributed by atoms with van der Waals surface area (Å²) < 4.78 is 7.84. The first kappa shape index (κ1) is 10.4. The summed E-state index contributed by atoms with van der Waals surface area (Å²) in [5.41, 5.74) is 7.02. The lowest BCUT2D eigenvalue weighted by molar-refractivity contribution is 0.532. The van der Waals surface area contributed by atoms with Crippen LogP contribution < -0.4 is 5.73 Å². The summed E-state index contributed by atoms with van der Waals surface area (Å²) in [4.78, 5) is 4.26. The standard InChI is InChI=1S/C10H12BrN3O/c1-2-14-5-4-13-10(14)8(12)7-3-6-15-9(7)11/h3-6,8H,2,12H2,1H3. The van der Waals surface area contributed by atoms with E-state index < -0.39 is 0 Å². The first-order chi connectivity index (χ1) is 7.24. The number of hydrogen-bond donors (Lipinski definition) is 1. The van der Waals surface area contributed by atoms with E-state index in [0.717, 1.165) is 17.9 Å². The minimum Gasteiger partial charge on any atom is -0.457 e. The van der Waals surface area contributed by atoms with E-state index in [1.807, 2.05) is 16.8 Å². The lowest BCUT2D eigenvalue weighted by Crippen LogP contribution is -2.17. The van der Waals surface area contributed by atoms with Crippen molar-refractivity contribution >= 4 is 15.9 Å². The van der Waals surface area contributed by atoms with Gasteiger partial charge in [0.15, 0.2) is 4.67 Å². The number of halogens is 1. The average Bonchev–Trinajstić information content (AvgIpc) is 2.84. The largest absolute Gasteiger partial charge is 0.457 e. The van der Waals surface area contributed by atoms with Gasteiger partial charge in [0.25, 0.3) is 0 Å². The smallest absolute Gasteiger partial charge is 0.174 e.